The molecular formula is C16H12F7NO. The van der Waals surface area contributed by atoms with Crippen LogP contribution in [0.2, 0.25) is 0 Å². The van der Waals surface area contributed by atoms with Crippen LogP contribution in [-0.2, 0) is 4.79 Å². The fraction of sp³-hybridized carbons (Fsp3) is 0.375. The van der Waals surface area contributed by atoms with Gasteiger partial charge >= 0.3 is 18.0 Å². The van der Waals surface area contributed by atoms with Crippen LogP contribution in [-0.4, -0.2) is 23.8 Å². The van der Waals surface area contributed by atoms with Gasteiger partial charge in [-0.05, 0) is 43.5 Å². The Morgan fingerprint density at radius 2 is 1.44 bits per heavy atom. The highest BCUT2D eigenvalue weighted by Crippen LogP contribution is 2.47. The first kappa shape index (κ1) is 20.7. The standard InChI is InChI=1S/C16H12F7NO/c1-8-4-9(2)12(10(3)5-8)6-11(7-24)13(25)14(17,18)15(19,20)16(21,22)23/h4-6H,1-3H3/b11-6+. The van der Waals surface area contributed by atoms with E-state index in [0.29, 0.717) is 17.2 Å². The number of allylic oxidation sites excluding steroid dienone is 1. The lowest BCUT2D eigenvalue weighted by molar-refractivity contribution is -0.342. The molecule has 0 fully saturated rings. The minimum absolute atomic E-state index is 0.113. The number of carbonyl (C=O) groups is 1. The van der Waals surface area contributed by atoms with Crippen molar-refractivity contribution in [3.8, 4) is 6.07 Å². The second-order valence-corrected chi connectivity index (χ2v) is 5.46. The molecule has 2 nitrogen and oxygen atoms in total. The van der Waals surface area contributed by atoms with Crippen molar-refractivity contribution in [3.05, 3.63) is 40.0 Å². The highest BCUT2D eigenvalue weighted by molar-refractivity contribution is 6.08. The molecule has 1 aromatic rings. The summed E-state index contributed by atoms with van der Waals surface area (Å²) in [6.45, 7) is 4.73. The summed E-state index contributed by atoms with van der Waals surface area (Å²) in [4.78, 5) is 11.6. The third-order valence-electron chi connectivity index (χ3n) is 3.43. The van der Waals surface area contributed by atoms with Gasteiger partial charge in [-0.2, -0.15) is 36.0 Å². The van der Waals surface area contributed by atoms with E-state index in [0.717, 1.165) is 11.6 Å². The molecule has 25 heavy (non-hydrogen) atoms. The highest BCUT2D eigenvalue weighted by atomic mass is 19.4. The Hall–Kier alpha value is -2.37. The Bertz CT molecular complexity index is 747. The van der Waals surface area contributed by atoms with Gasteiger partial charge in [0, 0.05) is 0 Å². The molecule has 0 heterocycles. The first-order valence-corrected chi connectivity index (χ1v) is 6.73. The van der Waals surface area contributed by atoms with Gasteiger partial charge in [0.1, 0.15) is 11.6 Å². The molecule has 1 rings (SSSR count). The second kappa shape index (κ2) is 6.50. The van der Waals surface area contributed by atoms with Crippen molar-refractivity contribution in [1.29, 1.82) is 5.26 Å². The summed E-state index contributed by atoms with van der Waals surface area (Å²) in [7, 11) is 0. The van der Waals surface area contributed by atoms with Gasteiger partial charge in [-0.1, -0.05) is 17.7 Å². The number of Topliss-reactive ketones (excluding diaryl/α,β-unsaturated/α-hetero) is 1. The largest absolute Gasteiger partial charge is 0.460 e. The van der Waals surface area contributed by atoms with Crippen LogP contribution in [0.25, 0.3) is 6.08 Å². The quantitative estimate of drug-likeness (QED) is 0.431. The molecule has 0 radical (unpaired) electrons. The minimum Gasteiger partial charge on any atom is -0.286 e. The summed E-state index contributed by atoms with van der Waals surface area (Å²) in [6, 6.07) is 4.12. The Labute approximate surface area is 138 Å². The van der Waals surface area contributed by atoms with E-state index in [2.05, 4.69) is 0 Å². The number of nitriles is 1. The molecule has 0 amide bonds. The van der Waals surface area contributed by atoms with Gasteiger partial charge in [0.25, 0.3) is 0 Å². The Balaban J connectivity index is 3.48. The lowest BCUT2D eigenvalue weighted by atomic mass is 9.94. The van der Waals surface area contributed by atoms with Crippen LogP contribution >= 0.6 is 0 Å². The van der Waals surface area contributed by atoms with Crippen molar-refractivity contribution >= 4 is 11.9 Å². The van der Waals surface area contributed by atoms with Gasteiger partial charge in [-0.15, -0.1) is 0 Å². The van der Waals surface area contributed by atoms with Crippen LogP contribution in [0, 0.1) is 32.1 Å². The predicted molar refractivity (Wildman–Crippen MR) is 75.2 cm³/mol. The zero-order chi connectivity index (χ0) is 19.8. The number of benzene rings is 1. The molecular weight excluding hydrogens is 355 g/mol. The van der Waals surface area contributed by atoms with Gasteiger partial charge in [0.15, 0.2) is 0 Å². The third kappa shape index (κ3) is 3.67. The number of alkyl halides is 7. The average molecular weight is 367 g/mol. The number of hydrogen-bond donors (Lipinski definition) is 0. The maximum atomic E-state index is 13.5. The zero-order valence-corrected chi connectivity index (χ0v) is 13.2. The van der Waals surface area contributed by atoms with Gasteiger partial charge in [0.2, 0.25) is 5.78 Å². The molecule has 1 aromatic carbocycles. The van der Waals surface area contributed by atoms with E-state index in [-0.39, 0.29) is 5.56 Å². The van der Waals surface area contributed by atoms with E-state index in [1.54, 1.807) is 19.1 Å². The first-order chi connectivity index (χ1) is 11.2. The van der Waals surface area contributed by atoms with Crippen LogP contribution in [0.3, 0.4) is 0 Å². The van der Waals surface area contributed by atoms with Crippen LogP contribution in [0.4, 0.5) is 30.7 Å². The smallest absolute Gasteiger partial charge is 0.286 e. The first-order valence-electron chi connectivity index (χ1n) is 6.73. The van der Waals surface area contributed by atoms with E-state index in [1.165, 1.54) is 13.8 Å². The minimum atomic E-state index is -6.65. The second-order valence-electron chi connectivity index (χ2n) is 5.46. The summed E-state index contributed by atoms with van der Waals surface area (Å²) in [5.74, 6) is -15.6. The Morgan fingerprint density at radius 3 is 1.80 bits per heavy atom. The van der Waals surface area contributed by atoms with Gasteiger partial charge in [-0.3, -0.25) is 4.79 Å². The summed E-state index contributed by atoms with van der Waals surface area (Å²) >= 11 is 0. The average Bonchev–Trinajstić information content (AvgIpc) is 2.44. The number of hydrogen-bond acceptors (Lipinski definition) is 2. The van der Waals surface area contributed by atoms with E-state index in [4.69, 9.17) is 5.26 Å². The summed E-state index contributed by atoms with van der Waals surface area (Å²) in [5, 5.41) is 8.83. The van der Waals surface area contributed by atoms with Gasteiger partial charge in [-0.25, -0.2) is 0 Å². The number of rotatable bonds is 4. The van der Waals surface area contributed by atoms with Gasteiger partial charge in [0.05, 0.1) is 0 Å². The molecule has 0 aliphatic rings. The molecule has 0 saturated carbocycles. The third-order valence-corrected chi connectivity index (χ3v) is 3.43. The molecule has 0 atom stereocenters. The van der Waals surface area contributed by atoms with Gasteiger partial charge < -0.3 is 0 Å². The Morgan fingerprint density at radius 1 is 1.00 bits per heavy atom. The number of carbonyl (C=O) groups excluding carboxylic acids is 1. The number of aryl methyl sites for hydroxylation is 3. The lowest BCUT2D eigenvalue weighted by Gasteiger charge is -2.26. The highest BCUT2D eigenvalue weighted by Gasteiger charge is 2.76. The number of halogens is 7. The number of nitrogens with zero attached hydrogens (tertiary/aromatic N) is 1. The molecule has 0 aromatic heterocycles. The van der Waals surface area contributed by atoms with Crippen molar-refractivity contribution in [1.82, 2.24) is 0 Å². The molecule has 0 N–H and O–H groups in total. The predicted octanol–water partition coefficient (Wildman–Crippen LogP) is 4.92. The van der Waals surface area contributed by atoms with Crippen molar-refractivity contribution in [2.45, 2.75) is 38.8 Å². The SMILES string of the molecule is Cc1cc(C)c(/C=C(\C#N)C(=O)C(F)(F)C(F)(F)C(F)(F)F)c(C)c1. The lowest BCUT2D eigenvalue weighted by Crippen LogP contribution is -2.56. The molecule has 0 aliphatic carbocycles. The van der Waals surface area contributed by atoms with Crippen molar-refractivity contribution in [2.75, 3.05) is 0 Å². The number of ketones is 1. The zero-order valence-electron chi connectivity index (χ0n) is 13.2. The Kier molecular flexibility index (Phi) is 5.38. The molecule has 0 bridgehead atoms. The normalized spacial score (nSPS) is 13.6. The molecule has 0 spiro atoms. The van der Waals surface area contributed by atoms with Crippen LogP contribution in [0.1, 0.15) is 22.3 Å². The van der Waals surface area contributed by atoms with E-state index >= 15 is 0 Å². The monoisotopic (exact) mass is 367 g/mol. The summed E-state index contributed by atoms with van der Waals surface area (Å²) < 4.78 is 89.4. The maximum Gasteiger partial charge on any atom is 0.460 e. The molecule has 9 heteroatoms. The van der Waals surface area contributed by atoms with E-state index in [9.17, 15) is 35.5 Å². The van der Waals surface area contributed by atoms with Crippen molar-refractivity contribution in [3.63, 3.8) is 0 Å². The van der Waals surface area contributed by atoms with Crippen molar-refractivity contribution in [2.24, 2.45) is 0 Å². The fourth-order valence-corrected chi connectivity index (χ4v) is 2.20. The van der Waals surface area contributed by atoms with E-state index < -0.39 is 29.4 Å². The topological polar surface area (TPSA) is 40.9 Å². The van der Waals surface area contributed by atoms with Crippen LogP contribution in [0.5, 0.6) is 0 Å². The van der Waals surface area contributed by atoms with Crippen molar-refractivity contribution < 1.29 is 35.5 Å². The summed E-state index contributed by atoms with van der Waals surface area (Å²) in [6.07, 6.45) is -6.06. The molecule has 0 aliphatic heterocycles. The van der Waals surface area contributed by atoms with E-state index in [1.807, 2.05) is 0 Å². The van der Waals surface area contributed by atoms with Crippen LogP contribution < -0.4 is 0 Å². The maximum absolute atomic E-state index is 13.5. The fourth-order valence-electron chi connectivity index (χ4n) is 2.20. The molecule has 136 valence electrons. The van der Waals surface area contributed by atoms with Crippen LogP contribution in [0.15, 0.2) is 17.7 Å². The molecule has 0 unspecified atom stereocenters. The summed E-state index contributed by atoms with van der Waals surface area (Å²) in [5.41, 5.74) is 0.254. The molecule has 0 saturated heterocycles.